The molecule has 0 aliphatic rings. The van der Waals surface area contributed by atoms with Gasteiger partial charge in [0.05, 0.1) is 17.6 Å². The van der Waals surface area contributed by atoms with Crippen LogP contribution in [0.3, 0.4) is 0 Å². The molecule has 2 rings (SSSR count). The molecule has 0 fully saturated rings. The molecule has 1 aromatic carbocycles. The predicted molar refractivity (Wildman–Crippen MR) is 84.0 cm³/mol. The van der Waals surface area contributed by atoms with Crippen molar-refractivity contribution in [3.63, 3.8) is 0 Å². The molecule has 2 N–H and O–H groups in total. The number of hydrogen-bond donors (Lipinski definition) is 1. The Morgan fingerprint density at radius 2 is 1.83 bits per heavy atom. The summed E-state index contributed by atoms with van der Waals surface area (Å²) in [5.74, 6) is -0.219. The summed E-state index contributed by atoms with van der Waals surface area (Å²) >= 11 is 20.0. The fraction of sp³-hybridized carbons (Fsp3) is 0. The highest BCUT2D eigenvalue weighted by Gasteiger charge is 2.20. The molecule has 7 heteroatoms. The lowest BCUT2D eigenvalue weighted by atomic mass is 10.1. The van der Waals surface area contributed by atoms with Crippen LogP contribution in [-0.4, -0.2) is 5.78 Å². The first kappa shape index (κ1) is 14.3. The van der Waals surface area contributed by atoms with E-state index in [0.717, 1.165) is 7.57 Å². The average Bonchev–Trinajstić information content (AvgIpc) is 2.62. The van der Waals surface area contributed by atoms with Crippen LogP contribution in [0, 0.1) is 0 Å². The second-order valence-corrected chi connectivity index (χ2v) is 7.97. The molecule has 2 aromatic rings. The van der Waals surface area contributed by atoms with Crippen molar-refractivity contribution in [1.29, 1.82) is 0 Å². The number of ketones is 1. The SMILES string of the molecule is Nc1cc(Cl)c(Cl)c(C(=O)c2cc(Br)sc2Br)c1. The molecule has 94 valence electrons. The first-order chi connectivity index (χ1) is 8.40. The number of nitrogens with two attached hydrogens (primary N) is 1. The van der Waals surface area contributed by atoms with Crippen molar-refractivity contribution in [1.82, 2.24) is 0 Å². The van der Waals surface area contributed by atoms with Gasteiger partial charge in [0.25, 0.3) is 0 Å². The van der Waals surface area contributed by atoms with Crippen molar-refractivity contribution >= 4 is 77.9 Å². The van der Waals surface area contributed by atoms with Gasteiger partial charge in [-0.3, -0.25) is 4.79 Å². The highest BCUT2D eigenvalue weighted by Crippen LogP contribution is 2.36. The van der Waals surface area contributed by atoms with Crippen LogP contribution in [0.4, 0.5) is 5.69 Å². The Bertz CT molecular complexity index is 642. The molecule has 0 saturated carbocycles. The number of rotatable bonds is 2. The Labute approximate surface area is 134 Å². The van der Waals surface area contributed by atoms with Crippen LogP contribution in [0.1, 0.15) is 15.9 Å². The summed E-state index contributed by atoms with van der Waals surface area (Å²) in [5, 5.41) is 0.482. The Kier molecular flexibility index (Phi) is 4.39. The third kappa shape index (κ3) is 2.75. The van der Waals surface area contributed by atoms with Crippen LogP contribution in [0.5, 0.6) is 0 Å². The van der Waals surface area contributed by atoms with E-state index in [2.05, 4.69) is 31.9 Å². The molecule has 1 heterocycles. The van der Waals surface area contributed by atoms with Gasteiger partial charge in [0.2, 0.25) is 0 Å². The topological polar surface area (TPSA) is 43.1 Å². The Hall–Kier alpha value is -0.0700. The Balaban J connectivity index is 2.56. The molecule has 0 radical (unpaired) electrons. The summed E-state index contributed by atoms with van der Waals surface area (Å²) in [4.78, 5) is 12.4. The second-order valence-electron chi connectivity index (χ2n) is 3.43. The number of benzene rings is 1. The number of nitrogen functional groups attached to an aromatic ring is 1. The predicted octanol–water partition coefficient (Wildman–Crippen LogP) is 5.39. The van der Waals surface area contributed by atoms with Gasteiger partial charge < -0.3 is 5.73 Å². The summed E-state index contributed by atoms with van der Waals surface area (Å²) in [6, 6.07) is 4.76. The maximum Gasteiger partial charge on any atom is 0.196 e. The van der Waals surface area contributed by atoms with Crippen LogP contribution in [0.25, 0.3) is 0 Å². The smallest absolute Gasteiger partial charge is 0.196 e. The largest absolute Gasteiger partial charge is 0.399 e. The van der Waals surface area contributed by atoms with Crippen LogP contribution < -0.4 is 5.73 Å². The van der Waals surface area contributed by atoms with E-state index in [-0.39, 0.29) is 15.8 Å². The molecule has 0 bridgehead atoms. The van der Waals surface area contributed by atoms with E-state index in [1.807, 2.05) is 0 Å². The van der Waals surface area contributed by atoms with E-state index in [1.54, 1.807) is 6.07 Å². The molecule has 1 aromatic heterocycles. The van der Waals surface area contributed by atoms with Gasteiger partial charge in [0, 0.05) is 16.8 Å². The van der Waals surface area contributed by atoms with Gasteiger partial charge in [-0.15, -0.1) is 11.3 Å². The maximum atomic E-state index is 12.4. The fourth-order valence-corrected chi connectivity index (χ4v) is 4.63. The molecular weight excluding hydrogens is 425 g/mol. The van der Waals surface area contributed by atoms with E-state index < -0.39 is 0 Å². The van der Waals surface area contributed by atoms with E-state index in [4.69, 9.17) is 28.9 Å². The quantitative estimate of drug-likeness (QED) is 0.513. The molecule has 0 saturated heterocycles. The van der Waals surface area contributed by atoms with E-state index in [1.165, 1.54) is 23.5 Å². The van der Waals surface area contributed by atoms with Gasteiger partial charge in [-0.05, 0) is 50.1 Å². The summed E-state index contributed by atoms with van der Waals surface area (Å²) in [6.07, 6.45) is 0. The molecule has 18 heavy (non-hydrogen) atoms. The molecule has 0 unspecified atom stereocenters. The lowest BCUT2D eigenvalue weighted by Gasteiger charge is -2.06. The second kappa shape index (κ2) is 5.51. The number of anilines is 1. The van der Waals surface area contributed by atoms with Crippen LogP contribution in [0.15, 0.2) is 25.8 Å². The first-order valence-corrected chi connectivity index (χ1v) is 7.80. The summed E-state index contributed by atoms with van der Waals surface area (Å²) in [7, 11) is 0. The van der Waals surface area contributed by atoms with E-state index in [0.29, 0.717) is 16.8 Å². The number of carbonyl (C=O) groups is 1. The summed E-state index contributed by atoms with van der Waals surface area (Å²) in [5.41, 5.74) is 6.90. The van der Waals surface area contributed by atoms with Crippen molar-refractivity contribution in [2.24, 2.45) is 0 Å². The Morgan fingerprint density at radius 3 is 2.39 bits per heavy atom. The number of halogens is 4. The molecule has 0 spiro atoms. The molecule has 0 amide bonds. The van der Waals surface area contributed by atoms with E-state index >= 15 is 0 Å². The zero-order valence-corrected chi connectivity index (χ0v) is 14.1. The van der Waals surface area contributed by atoms with Crippen LogP contribution >= 0.6 is 66.4 Å². The molecule has 0 atom stereocenters. The monoisotopic (exact) mass is 427 g/mol. The number of hydrogen-bond acceptors (Lipinski definition) is 3. The maximum absolute atomic E-state index is 12.4. The third-order valence-corrected chi connectivity index (χ3v) is 5.34. The van der Waals surface area contributed by atoms with E-state index in [9.17, 15) is 4.79 Å². The third-order valence-electron chi connectivity index (χ3n) is 2.20. The van der Waals surface area contributed by atoms with Gasteiger partial charge in [-0.25, -0.2) is 0 Å². The van der Waals surface area contributed by atoms with Crippen molar-refractivity contribution in [2.45, 2.75) is 0 Å². The fourth-order valence-electron chi connectivity index (χ4n) is 1.42. The minimum Gasteiger partial charge on any atom is -0.399 e. The van der Waals surface area contributed by atoms with Crippen molar-refractivity contribution in [3.8, 4) is 0 Å². The molecule has 2 nitrogen and oxygen atoms in total. The number of thiophene rings is 1. The zero-order chi connectivity index (χ0) is 13.4. The summed E-state index contributed by atoms with van der Waals surface area (Å²) in [6.45, 7) is 0. The standard InChI is InChI=1S/C11H5Br2Cl2NOS/c12-8-3-6(11(13)18-8)10(17)5-1-4(16)2-7(14)9(5)15/h1-3H,16H2. The lowest BCUT2D eigenvalue weighted by molar-refractivity contribution is 0.103. The van der Waals surface area contributed by atoms with Crippen LogP contribution in [0.2, 0.25) is 10.0 Å². The van der Waals surface area contributed by atoms with Crippen molar-refractivity contribution < 1.29 is 4.79 Å². The molecular formula is C11H5Br2Cl2NOS. The van der Waals surface area contributed by atoms with Gasteiger partial charge in [0.15, 0.2) is 5.78 Å². The first-order valence-electron chi connectivity index (χ1n) is 4.64. The Morgan fingerprint density at radius 1 is 1.17 bits per heavy atom. The van der Waals surface area contributed by atoms with Gasteiger partial charge in [0.1, 0.15) is 0 Å². The normalized spacial score (nSPS) is 10.7. The molecule has 0 aliphatic carbocycles. The average molecular weight is 430 g/mol. The zero-order valence-electron chi connectivity index (χ0n) is 8.64. The van der Waals surface area contributed by atoms with Crippen molar-refractivity contribution in [2.75, 3.05) is 5.73 Å². The number of carbonyl (C=O) groups excluding carboxylic acids is 1. The highest BCUT2D eigenvalue weighted by atomic mass is 79.9. The minimum absolute atomic E-state index is 0.213. The highest BCUT2D eigenvalue weighted by molar-refractivity contribution is 9.12. The summed E-state index contributed by atoms with van der Waals surface area (Å²) < 4.78 is 1.58. The van der Waals surface area contributed by atoms with Gasteiger partial charge in [-0.1, -0.05) is 23.2 Å². The van der Waals surface area contributed by atoms with Gasteiger partial charge >= 0.3 is 0 Å². The van der Waals surface area contributed by atoms with Crippen LogP contribution in [-0.2, 0) is 0 Å². The molecule has 0 aliphatic heterocycles. The van der Waals surface area contributed by atoms with Gasteiger partial charge in [-0.2, -0.15) is 0 Å². The lowest BCUT2D eigenvalue weighted by Crippen LogP contribution is -2.03. The van der Waals surface area contributed by atoms with Crippen molar-refractivity contribution in [3.05, 3.63) is 46.9 Å². The minimum atomic E-state index is -0.219.